The maximum atomic E-state index is 12.4. The van der Waals surface area contributed by atoms with Crippen LogP contribution in [-0.4, -0.2) is 67.8 Å². The molecule has 0 saturated carbocycles. The summed E-state index contributed by atoms with van der Waals surface area (Å²) in [5.74, 6) is -2.27. The second-order valence-corrected chi connectivity index (χ2v) is 12.0. The average Bonchev–Trinajstić information content (AvgIpc) is 3.69. The number of hydrogen-bond acceptors (Lipinski definition) is 7. The van der Waals surface area contributed by atoms with E-state index in [-0.39, 0.29) is 30.7 Å². The number of aliphatic carboxylic acids is 1. The average molecular weight is 722 g/mol. The van der Waals surface area contributed by atoms with Crippen LogP contribution in [0.25, 0.3) is 10.9 Å². The first kappa shape index (κ1) is 37.3. The zero-order chi connectivity index (χ0) is 34.6. The van der Waals surface area contributed by atoms with Crippen LogP contribution in [0.4, 0.5) is 18.0 Å². The number of imidazole rings is 1. The smallest absolute Gasteiger partial charge is 0.490 e. The highest BCUT2D eigenvalue weighted by Crippen LogP contribution is 2.41. The van der Waals surface area contributed by atoms with Gasteiger partial charge in [0.25, 0.3) is 0 Å². The minimum atomic E-state index is -5.08. The highest BCUT2D eigenvalue weighted by Gasteiger charge is 2.39. The number of amides is 1. The molecule has 1 amide bonds. The normalized spacial score (nSPS) is 12.7. The number of hydrogen-bond donors (Lipinski definition) is 4. The molecule has 47 heavy (non-hydrogen) atoms. The van der Waals surface area contributed by atoms with Crippen molar-refractivity contribution < 1.29 is 46.9 Å². The van der Waals surface area contributed by atoms with Crippen LogP contribution in [0, 0.1) is 0 Å². The molecule has 0 aliphatic heterocycles. The third kappa shape index (κ3) is 11.6. The predicted molar refractivity (Wildman–Crippen MR) is 168 cm³/mol. The topological polar surface area (TPSA) is 156 Å². The molecule has 0 radical (unpaired) electrons. The first-order valence-electron chi connectivity index (χ1n) is 14.0. The molecular weight excluding hydrogens is 692 g/mol. The van der Waals surface area contributed by atoms with Crippen LogP contribution >= 0.6 is 34.8 Å². The molecule has 2 aromatic heterocycles. The number of carboxylic acid groups (broad SMARTS) is 1. The Hall–Kier alpha value is -4.14. The fourth-order valence-corrected chi connectivity index (χ4v) is 4.73. The summed E-state index contributed by atoms with van der Waals surface area (Å²) in [5.41, 5.74) is 2.92. The molecule has 0 bridgehead atoms. The Balaban J connectivity index is 0.000000771. The van der Waals surface area contributed by atoms with Crippen molar-refractivity contribution in [2.45, 2.75) is 41.8 Å². The van der Waals surface area contributed by atoms with Gasteiger partial charge in [-0.2, -0.15) is 13.2 Å². The maximum absolute atomic E-state index is 12.4. The van der Waals surface area contributed by atoms with E-state index in [4.69, 9.17) is 58.9 Å². The lowest BCUT2D eigenvalue weighted by Gasteiger charge is -2.22. The van der Waals surface area contributed by atoms with Gasteiger partial charge in [0.15, 0.2) is 5.82 Å². The summed E-state index contributed by atoms with van der Waals surface area (Å²) in [7, 11) is 0. The van der Waals surface area contributed by atoms with Gasteiger partial charge in [0, 0.05) is 48.0 Å². The van der Waals surface area contributed by atoms with Crippen molar-refractivity contribution in [3.63, 3.8) is 0 Å². The summed E-state index contributed by atoms with van der Waals surface area (Å²) in [6, 6.07) is 15.6. The number of alkyl halides is 6. The third-order valence-corrected chi connectivity index (χ3v) is 6.92. The molecule has 4 N–H and O–H groups in total. The predicted octanol–water partition coefficient (Wildman–Crippen LogP) is 7.22. The Morgan fingerprint density at radius 1 is 1.06 bits per heavy atom. The van der Waals surface area contributed by atoms with Crippen LogP contribution < -0.4 is 10.1 Å². The molecule has 2 heterocycles. The molecule has 0 spiro atoms. The highest BCUT2D eigenvalue weighted by atomic mass is 35.6. The quantitative estimate of drug-likeness (QED) is 0.0679. The molecule has 0 aliphatic rings. The first-order valence-corrected chi connectivity index (χ1v) is 15.1. The molecule has 17 heteroatoms. The van der Waals surface area contributed by atoms with Gasteiger partial charge < -0.3 is 34.6 Å². The number of nitrogens with zero attached hydrogens (tertiary/aromatic N) is 1. The van der Waals surface area contributed by atoms with E-state index in [0.29, 0.717) is 25.4 Å². The molecule has 254 valence electrons. The summed E-state index contributed by atoms with van der Waals surface area (Å²) < 4.78 is 46.2. The first-order chi connectivity index (χ1) is 22.2. The number of benzene rings is 2. The van der Waals surface area contributed by atoms with E-state index in [0.717, 1.165) is 22.0 Å². The number of carbonyl (C=O) groups excluding carboxylic acids is 2. The number of halogens is 6. The van der Waals surface area contributed by atoms with Gasteiger partial charge in [-0.3, -0.25) is 4.79 Å². The molecule has 2 atom stereocenters. The van der Waals surface area contributed by atoms with Gasteiger partial charge in [0.1, 0.15) is 5.75 Å². The van der Waals surface area contributed by atoms with E-state index >= 15 is 0 Å². The lowest BCUT2D eigenvalue weighted by atomic mass is 9.88. The molecule has 11 nitrogen and oxygen atoms in total. The monoisotopic (exact) mass is 720 g/mol. The number of alkyl carbamates (subject to hydrolysis) is 1. The second kappa shape index (κ2) is 17.1. The number of ether oxygens (including phenoxy) is 3. The second-order valence-electron chi connectivity index (χ2n) is 9.66. The largest absolute Gasteiger partial charge is 0.493 e. The van der Waals surface area contributed by atoms with E-state index in [2.05, 4.69) is 20.3 Å². The summed E-state index contributed by atoms with van der Waals surface area (Å²) in [5, 5.41) is 10.7. The van der Waals surface area contributed by atoms with Gasteiger partial charge in [-0.25, -0.2) is 14.6 Å². The van der Waals surface area contributed by atoms with Crippen molar-refractivity contribution in [1.29, 1.82) is 0 Å². The van der Waals surface area contributed by atoms with Gasteiger partial charge >= 0.3 is 24.2 Å². The molecule has 2 unspecified atom stereocenters. The Kier molecular flexibility index (Phi) is 13.6. The van der Waals surface area contributed by atoms with Crippen LogP contribution in [0.15, 0.2) is 67.1 Å². The van der Waals surface area contributed by atoms with Crippen molar-refractivity contribution in [3.05, 3.63) is 84.1 Å². The van der Waals surface area contributed by atoms with E-state index in [1.54, 1.807) is 6.92 Å². The van der Waals surface area contributed by atoms with E-state index < -0.39 is 28.1 Å². The zero-order valence-electron chi connectivity index (χ0n) is 24.7. The van der Waals surface area contributed by atoms with Crippen molar-refractivity contribution in [1.82, 2.24) is 20.3 Å². The summed E-state index contributed by atoms with van der Waals surface area (Å²) in [6.07, 6.45) is -1.35. The number of fused-ring (bicyclic) bond motifs is 1. The number of nitrogens with one attached hydrogen (secondary N) is 3. The number of aromatic nitrogens is 3. The number of H-pyrrole nitrogens is 2. The Morgan fingerprint density at radius 3 is 2.36 bits per heavy atom. The third-order valence-electron chi connectivity index (χ3n) is 6.33. The van der Waals surface area contributed by atoms with E-state index in [9.17, 15) is 22.8 Å². The fraction of sp³-hybridized carbons (Fsp3) is 0.333. The van der Waals surface area contributed by atoms with Gasteiger partial charge in [-0.05, 0) is 36.6 Å². The van der Waals surface area contributed by atoms with Crippen LogP contribution in [0.5, 0.6) is 5.75 Å². The van der Waals surface area contributed by atoms with Gasteiger partial charge in [0.05, 0.1) is 19.6 Å². The number of aromatic amines is 2. The molecule has 4 aromatic rings. The van der Waals surface area contributed by atoms with Gasteiger partial charge in [-0.15, -0.1) is 0 Å². The van der Waals surface area contributed by atoms with Crippen LogP contribution in [0.1, 0.15) is 48.7 Å². The number of rotatable bonds is 12. The van der Waals surface area contributed by atoms with Crippen molar-refractivity contribution >= 4 is 63.7 Å². The SMILES string of the molecule is CCOC(=O)CC(c1ccccc1)c1c[nH]c2cc(OCCCNC(=O)OC(c3ncc[nH]3)C(Cl)(Cl)Cl)ccc12.O=C(O)C(F)(F)F. The highest BCUT2D eigenvalue weighted by molar-refractivity contribution is 6.68. The molecule has 0 fully saturated rings. The summed E-state index contributed by atoms with van der Waals surface area (Å²) >= 11 is 17.8. The van der Waals surface area contributed by atoms with E-state index in [1.807, 2.05) is 54.7 Å². The summed E-state index contributed by atoms with van der Waals surface area (Å²) in [4.78, 5) is 43.5. The Labute approximate surface area is 281 Å². The molecule has 0 aliphatic carbocycles. The van der Waals surface area contributed by atoms with Gasteiger partial charge in [0.2, 0.25) is 9.90 Å². The minimum Gasteiger partial charge on any atom is -0.493 e. The standard InChI is InChI=1S/C28H29Cl3N4O5.C2HF3O2/c1-2-38-24(36)16-21(18-7-4-3-5-8-18)22-17-35-23-15-19(9-10-20(22)23)39-14-6-11-34-27(37)40-25(28(29,30)31)26-32-12-13-33-26;3-2(4,5)1(6)7/h3-5,7-10,12-13,15,17,21,25,35H,2,6,11,14,16H2,1H3,(H,32,33)(H,34,37);(H,6,7). The molecular formula is C30H30Cl3F3N4O7. The summed E-state index contributed by atoms with van der Waals surface area (Å²) in [6.45, 7) is 2.77. The van der Waals surface area contributed by atoms with Crippen molar-refractivity contribution in [2.24, 2.45) is 0 Å². The lowest BCUT2D eigenvalue weighted by molar-refractivity contribution is -0.192. The maximum Gasteiger partial charge on any atom is 0.490 e. The Morgan fingerprint density at radius 2 is 1.77 bits per heavy atom. The number of carbonyl (C=O) groups is 3. The van der Waals surface area contributed by atoms with Crippen LogP contribution in [-0.2, 0) is 19.1 Å². The fourth-order valence-electron chi connectivity index (χ4n) is 4.29. The number of carboxylic acids is 1. The number of esters is 1. The zero-order valence-corrected chi connectivity index (χ0v) is 26.9. The molecule has 2 aromatic carbocycles. The van der Waals surface area contributed by atoms with Crippen molar-refractivity contribution in [2.75, 3.05) is 19.8 Å². The van der Waals surface area contributed by atoms with Crippen LogP contribution in [0.3, 0.4) is 0 Å². The van der Waals surface area contributed by atoms with E-state index in [1.165, 1.54) is 12.4 Å². The minimum absolute atomic E-state index is 0.152. The van der Waals surface area contributed by atoms with Crippen LogP contribution in [0.2, 0.25) is 0 Å². The molecule has 4 rings (SSSR count). The van der Waals surface area contributed by atoms with Gasteiger partial charge in [-0.1, -0.05) is 65.1 Å². The lowest BCUT2D eigenvalue weighted by Crippen LogP contribution is -2.32. The van der Waals surface area contributed by atoms with Crippen molar-refractivity contribution in [3.8, 4) is 5.75 Å². The molecule has 0 saturated heterocycles. The Bertz CT molecular complexity index is 1600.